The highest BCUT2D eigenvalue weighted by Crippen LogP contribution is 2.17. The van der Waals surface area contributed by atoms with Crippen molar-refractivity contribution in [1.82, 2.24) is 0 Å². The fraction of sp³-hybridized carbons (Fsp3) is 0.333. The van der Waals surface area contributed by atoms with E-state index in [-0.39, 0.29) is 0 Å². The molecule has 0 saturated heterocycles. The molecule has 2 rings (SSSR count). The van der Waals surface area contributed by atoms with Crippen LogP contribution in [0.2, 0.25) is 0 Å². The van der Waals surface area contributed by atoms with Crippen molar-refractivity contribution in [2.45, 2.75) is 13.0 Å². The Morgan fingerprint density at radius 1 is 0.522 bits per heavy atom. The first-order valence-corrected chi connectivity index (χ1v) is 7.12. The quantitative estimate of drug-likeness (QED) is 0.731. The van der Waals surface area contributed by atoms with Crippen molar-refractivity contribution in [3.8, 4) is 11.1 Å². The average molecular weight is 320 g/mol. The molecule has 2 aromatic rings. The third-order valence-corrected chi connectivity index (χ3v) is 2.87. The maximum absolute atomic E-state index is 4.96. The van der Waals surface area contributed by atoms with Crippen molar-refractivity contribution in [2.75, 3.05) is 28.4 Å². The van der Waals surface area contributed by atoms with Crippen LogP contribution in [0.3, 0.4) is 0 Å². The van der Waals surface area contributed by atoms with Gasteiger partial charge in [0.1, 0.15) is 0 Å². The molecule has 5 nitrogen and oxygen atoms in total. The minimum atomic E-state index is -0.764. The predicted octanol–water partition coefficient (Wildman–Crippen LogP) is 3.51. The highest BCUT2D eigenvalue weighted by Gasteiger charge is 2.13. The van der Waals surface area contributed by atoms with Gasteiger partial charge in [0.2, 0.25) is 0 Å². The highest BCUT2D eigenvalue weighted by molar-refractivity contribution is 5.62. The minimum Gasteiger partial charge on any atom is -0.333 e. The van der Waals surface area contributed by atoms with Crippen molar-refractivity contribution in [3.63, 3.8) is 0 Å². The molecule has 0 spiro atoms. The van der Waals surface area contributed by atoms with E-state index < -0.39 is 13.0 Å². The van der Waals surface area contributed by atoms with Gasteiger partial charge < -0.3 is 18.9 Å². The smallest absolute Gasteiger partial charge is 0.275 e. The molecular weight excluding hydrogens is 296 g/mol. The maximum atomic E-state index is 4.96. The zero-order valence-electron chi connectivity index (χ0n) is 14.0. The van der Waals surface area contributed by atoms with Gasteiger partial charge in [0.25, 0.3) is 13.0 Å². The van der Waals surface area contributed by atoms with Crippen molar-refractivity contribution in [2.24, 2.45) is 0 Å². The molecule has 0 bridgehead atoms. The number of methoxy groups -OCH3 is 4. The van der Waals surface area contributed by atoms with Crippen molar-refractivity contribution >= 4 is 0 Å². The number of hydrogen-bond acceptors (Lipinski definition) is 5. The van der Waals surface area contributed by atoms with E-state index in [0.29, 0.717) is 0 Å². The topological polar surface area (TPSA) is 46.2 Å². The zero-order chi connectivity index (χ0) is 16.9. The lowest BCUT2D eigenvalue weighted by Crippen LogP contribution is -2.27. The summed E-state index contributed by atoms with van der Waals surface area (Å²) in [6.45, 7) is -1.53. The van der Waals surface area contributed by atoms with Crippen LogP contribution in [0.15, 0.2) is 60.7 Å². The fourth-order valence-electron chi connectivity index (χ4n) is 1.77. The second-order valence-corrected chi connectivity index (χ2v) is 4.39. The number of benzene rings is 2. The van der Waals surface area contributed by atoms with Crippen LogP contribution in [-0.2, 0) is 23.7 Å². The third-order valence-electron chi connectivity index (χ3n) is 2.87. The number of hydrogen-bond donors (Lipinski definition) is 0. The molecule has 126 valence electrons. The molecule has 0 heterocycles. The summed E-state index contributed by atoms with van der Waals surface area (Å²) < 4.78 is 23.9. The van der Waals surface area contributed by atoms with Crippen LogP contribution in [0, 0.1) is 0 Å². The van der Waals surface area contributed by atoms with Crippen LogP contribution >= 0.6 is 0 Å². The Morgan fingerprint density at radius 2 is 0.826 bits per heavy atom. The van der Waals surface area contributed by atoms with Crippen molar-refractivity contribution in [3.05, 3.63) is 60.7 Å². The zero-order valence-corrected chi connectivity index (χ0v) is 14.0. The van der Waals surface area contributed by atoms with Crippen LogP contribution in [-0.4, -0.2) is 41.4 Å². The molecule has 0 fully saturated rings. The molecule has 0 amide bonds. The van der Waals surface area contributed by atoms with E-state index in [9.17, 15) is 0 Å². The van der Waals surface area contributed by atoms with E-state index in [0.717, 1.165) is 0 Å². The SMILES string of the molecule is COC(OC)OC(OC)OC.c1ccc(-c2ccccc2)cc1. The predicted molar refractivity (Wildman–Crippen MR) is 88.6 cm³/mol. The Hall–Kier alpha value is -1.76. The minimum absolute atomic E-state index is 0.764. The summed E-state index contributed by atoms with van der Waals surface area (Å²) in [7, 11) is 5.82. The molecule has 0 atom stereocenters. The lowest BCUT2D eigenvalue weighted by atomic mass is 10.1. The van der Waals surface area contributed by atoms with Gasteiger partial charge in [-0.3, -0.25) is 4.74 Å². The first-order valence-electron chi connectivity index (χ1n) is 7.12. The second-order valence-electron chi connectivity index (χ2n) is 4.39. The largest absolute Gasteiger partial charge is 0.333 e. The molecule has 0 unspecified atom stereocenters. The van der Waals surface area contributed by atoms with Crippen LogP contribution in [0.5, 0.6) is 0 Å². The fourth-order valence-corrected chi connectivity index (χ4v) is 1.77. The summed E-state index contributed by atoms with van der Waals surface area (Å²) in [5.41, 5.74) is 2.55. The van der Waals surface area contributed by atoms with Gasteiger partial charge >= 0.3 is 0 Å². The van der Waals surface area contributed by atoms with Crippen molar-refractivity contribution < 1.29 is 23.7 Å². The molecule has 5 heteroatoms. The number of ether oxygens (including phenoxy) is 5. The second kappa shape index (κ2) is 11.8. The van der Waals surface area contributed by atoms with E-state index in [4.69, 9.17) is 23.7 Å². The summed E-state index contributed by atoms with van der Waals surface area (Å²) >= 11 is 0. The molecule has 0 N–H and O–H groups in total. The Morgan fingerprint density at radius 3 is 1.09 bits per heavy atom. The molecule has 0 aromatic heterocycles. The monoisotopic (exact) mass is 320 g/mol. The van der Waals surface area contributed by atoms with Crippen LogP contribution in [0.25, 0.3) is 11.1 Å². The van der Waals surface area contributed by atoms with Gasteiger partial charge in [-0.25, -0.2) is 0 Å². The Labute approximate surface area is 137 Å². The van der Waals surface area contributed by atoms with Gasteiger partial charge in [-0.2, -0.15) is 0 Å². The normalized spacial score (nSPS) is 10.5. The van der Waals surface area contributed by atoms with E-state index >= 15 is 0 Å². The molecule has 0 aliphatic rings. The lowest BCUT2D eigenvalue weighted by Gasteiger charge is -2.19. The molecule has 0 aliphatic heterocycles. The van der Waals surface area contributed by atoms with Crippen LogP contribution in [0.1, 0.15) is 0 Å². The Bertz CT molecular complexity index is 448. The maximum Gasteiger partial charge on any atom is 0.275 e. The molecule has 2 aromatic carbocycles. The average Bonchev–Trinajstić information content (AvgIpc) is 2.65. The third kappa shape index (κ3) is 7.36. The van der Waals surface area contributed by atoms with Gasteiger partial charge in [-0.15, -0.1) is 0 Å². The summed E-state index contributed by atoms with van der Waals surface area (Å²) in [5.74, 6) is 0. The number of rotatable bonds is 7. The molecule has 0 radical (unpaired) electrons. The first-order chi connectivity index (χ1) is 11.2. The van der Waals surface area contributed by atoms with Gasteiger partial charge in [-0.1, -0.05) is 60.7 Å². The Balaban J connectivity index is 0.000000232. The van der Waals surface area contributed by atoms with Gasteiger partial charge in [0, 0.05) is 28.4 Å². The summed E-state index contributed by atoms with van der Waals surface area (Å²) in [4.78, 5) is 0. The summed E-state index contributed by atoms with van der Waals surface area (Å²) in [6, 6.07) is 20.8. The molecule has 0 saturated carbocycles. The standard InChI is InChI=1S/C12H10.C6H14O5/c1-3-7-11(8-4-1)12-9-5-2-6-10-12;1-7-5(8-2)11-6(9-3)10-4/h1-10H;5-6H,1-4H3. The van der Waals surface area contributed by atoms with Gasteiger partial charge in [0.15, 0.2) is 0 Å². The van der Waals surface area contributed by atoms with E-state index in [1.165, 1.54) is 39.6 Å². The van der Waals surface area contributed by atoms with Crippen LogP contribution < -0.4 is 0 Å². The summed E-state index contributed by atoms with van der Waals surface area (Å²) in [5, 5.41) is 0. The molecular formula is C18H24O5. The van der Waals surface area contributed by atoms with E-state index in [1.54, 1.807) is 0 Å². The summed E-state index contributed by atoms with van der Waals surface area (Å²) in [6.07, 6.45) is 0. The van der Waals surface area contributed by atoms with Gasteiger partial charge in [-0.05, 0) is 11.1 Å². The molecule has 0 aliphatic carbocycles. The van der Waals surface area contributed by atoms with Crippen LogP contribution in [0.4, 0.5) is 0 Å². The molecule has 23 heavy (non-hydrogen) atoms. The van der Waals surface area contributed by atoms with E-state index in [1.807, 2.05) is 12.1 Å². The first kappa shape index (κ1) is 19.3. The van der Waals surface area contributed by atoms with E-state index in [2.05, 4.69) is 48.5 Å². The Kier molecular flexibility index (Phi) is 9.86. The highest BCUT2D eigenvalue weighted by atomic mass is 16.9. The van der Waals surface area contributed by atoms with Crippen molar-refractivity contribution in [1.29, 1.82) is 0 Å². The lowest BCUT2D eigenvalue weighted by molar-refractivity contribution is -0.378. The van der Waals surface area contributed by atoms with Gasteiger partial charge in [0.05, 0.1) is 0 Å².